The van der Waals surface area contributed by atoms with Gasteiger partial charge in [0.25, 0.3) is 0 Å². The lowest BCUT2D eigenvalue weighted by Crippen LogP contribution is -2.77. The number of ether oxygens (including phenoxy) is 11. The molecular weight excluding hydrogens is 1190 g/mol. The van der Waals surface area contributed by atoms with Gasteiger partial charge in [-0.1, -0.05) is 61.5 Å². The Kier molecular flexibility index (Phi) is 19.5. The van der Waals surface area contributed by atoms with Gasteiger partial charge in [-0.15, -0.1) is 0 Å². The molecule has 514 valence electrons. The van der Waals surface area contributed by atoms with Crippen LogP contribution in [0.15, 0.2) is 11.6 Å². The number of hydrogen-bond donors (Lipinski definition) is 14. The van der Waals surface area contributed by atoms with Gasteiger partial charge >= 0.3 is 17.9 Å². The molecule has 10 rings (SSSR count). The topological polar surface area (TPSA) is 436 Å². The number of esters is 2. The van der Waals surface area contributed by atoms with E-state index in [0.717, 1.165) is 0 Å². The fourth-order valence-corrected chi connectivity index (χ4v) is 19.1. The highest BCUT2D eigenvalue weighted by molar-refractivity contribution is 5.87. The Bertz CT molecular complexity index is 2640. The van der Waals surface area contributed by atoms with E-state index in [2.05, 4.69) is 20.8 Å². The van der Waals surface area contributed by atoms with E-state index in [-0.39, 0.29) is 31.1 Å². The molecule has 5 saturated heterocycles. The molecule has 0 amide bonds. The van der Waals surface area contributed by atoms with E-state index < -0.39 is 229 Å². The molecule has 10 aliphatic rings. The molecule has 28 heteroatoms. The molecule has 33 atom stereocenters. The summed E-state index contributed by atoms with van der Waals surface area (Å²) in [6.45, 7) is 19.0. The van der Waals surface area contributed by atoms with Gasteiger partial charge in [0.05, 0.1) is 42.5 Å². The second-order valence-corrected chi connectivity index (χ2v) is 29.5. The Labute approximate surface area is 522 Å². The summed E-state index contributed by atoms with van der Waals surface area (Å²) >= 11 is 0. The van der Waals surface area contributed by atoms with Gasteiger partial charge in [0, 0.05) is 28.7 Å². The first-order valence-corrected chi connectivity index (χ1v) is 31.9. The third kappa shape index (κ3) is 10.7. The molecule has 14 N–H and O–H groups in total. The van der Waals surface area contributed by atoms with Crippen molar-refractivity contribution < 1.29 is 138 Å². The molecule has 28 nitrogen and oxygen atoms in total. The Balaban J connectivity index is 0.973. The van der Waals surface area contributed by atoms with Gasteiger partial charge in [-0.3, -0.25) is 4.79 Å². The quantitative estimate of drug-likeness (QED) is 0.0504. The first kappa shape index (κ1) is 70.1. The van der Waals surface area contributed by atoms with Gasteiger partial charge in [0.15, 0.2) is 43.7 Å². The van der Waals surface area contributed by atoms with Crippen LogP contribution < -0.4 is 0 Å². The number of aliphatic hydroxyl groups excluding tert-OH is 13. The lowest BCUT2D eigenvalue weighted by Gasteiger charge is -2.75. The highest BCUT2D eigenvalue weighted by atomic mass is 16.8. The molecular formula is C62H98O28. The maximum absolute atomic E-state index is 13.6. The first-order chi connectivity index (χ1) is 42.0. The van der Waals surface area contributed by atoms with Crippen molar-refractivity contribution in [2.75, 3.05) is 13.2 Å². The van der Waals surface area contributed by atoms with E-state index in [1.54, 1.807) is 26.8 Å². The number of rotatable bonds is 15. The summed E-state index contributed by atoms with van der Waals surface area (Å²) in [6, 6.07) is 0. The molecule has 1 spiro atoms. The lowest BCUT2D eigenvalue weighted by atomic mass is 9.30. The smallest absolute Gasteiger partial charge is 0.335 e. The zero-order valence-electron chi connectivity index (χ0n) is 53.0. The largest absolute Gasteiger partial charge is 0.479 e. The van der Waals surface area contributed by atoms with Gasteiger partial charge in [-0.25, -0.2) is 9.59 Å². The molecule has 90 heavy (non-hydrogen) atoms. The fraction of sp³-hybridized carbons (Fsp3) is 0.919. The number of allylic oxidation sites excluding steroid dienone is 1. The summed E-state index contributed by atoms with van der Waals surface area (Å²) in [5.41, 5.74) is -5.89. The van der Waals surface area contributed by atoms with Gasteiger partial charge in [0.1, 0.15) is 91.6 Å². The van der Waals surface area contributed by atoms with Gasteiger partial charge < -0.3 is 124 Å². The number of aliphatic carboxylic acids is 1. The van der Waals surface area contributed by atoms with Crippen molar-refractivity contribution >= 4 is 17.9 Å². The maximum atomic E-state index is 13.6. The predicted molar refractivity (Wildman–Crippen MR) is 303 cm³/mol. The minimum Gasteiger partial charge on any atom is -0.479 e. The molecule has 10 fully saturated rings. The fourth-order valence-electron chi connectivity index (χ4n) is 19.1. The number of carbonyl (C=O) groups excluding carboxylic acids is 2. The summed E-state index contributed by atoms with van der Waals surface area (Å²) < 4.78 is 68.9. The predicted octanol–water partition coefficient (Wildman–Crippen LogP) is -1.49. The van der Waals surface area contributed by atoms with Crippen LogP contribution in [-0.2, 0) is 66.5 Å². The zero-order valence-corrected chi connectivity index (χ0v) is 53.0. The number of carboxylic acid groups (broad SMARTS) is 1. The molecule has 5 heterocycles. The van der Waals surface area contributed by atoms with Crippen molar-refractivity contribution in [3.63, 3.8) is 0 Å². The van der Waals surface area contributed by atoms with Crippen molar-refractivity contribution in [2.45, 2.75) is 293 Å². The molecule has 0 aromatic heterocycles. The van der Waals surface area contributed by atoms with Crippen LogP contribution in [-0.4, -0.2) is 262 Å². The first-order valence-electron chi connectivity index (χ1n) is 31.9. The average Bonchev–Trinajstić information content (AvgIpc) is 1.36. The highest BCUT2D eigenvalue weighted by Crippen LogP contribution is 2.82. The molecule has 0 radical (unpaired) electrons. The van der Waals surface area contributed by atoms with Crippen molar-refractivity contribution in [1.82, 2.24) is 0 Å². The minimum absolute atomic E-state index is 0.0172. The zero-order chi connectivity index (χ0) is 66.2. The summed E-state index contributed by atoms with van der Waals surface area (Å²) in [5.74, 6) is -3.73. The Morgan fingerprint density at radius 2 is 1.14 bits per heavy atom. The van der Waals surface area contributed by atoms with E-state index in [0.29, 0.717) is 44.1 Å². The van der Waals surface area contributed by atoms with Crippen LogP contribution in [0.2, 0.25) is 0 Å². The van der Waals surface area contributed by atoms with Gasteiger partial charge in [0.2, 0.25) is 0 Å². The third-order valence-electron chi connectivity index (χ3n) is 24.3. The summed E-state index contributed by atoms with van der Waals surface area (Å²) in [5, 5.41) is 157. The Morgan fingerprint density at radius 3 is 1.76 bits per heavy atom. The average molecular weight is 1290 g/mol. The normalized spacial score (nSPS) is 53.0. The summed E-state index contributed by atoms with van der Waals surface area (Å²) in [4.78, 5) is 40.4. The van der Waals surface area contributed by atoms with Gasteiger partial charge in [-0.05, 0) is 100 Å². The van der Waals surface area contributed by atoms with Crippen LogP contribution in [0, 0.1) is 50.2 Å². The van der Waals surface area contributed by atoms with Crippen LogP contribution in [0.1, 0.15) is 134 Å². The molecule has 0 aromatic rings. The molecule has 0 aromatic carbocycles. The standard InChI is InChI=1S/C62H98O28/c1-12-24(3)50(78)89-47-48(84-33(66)13-2)62-30(20-56(47,5)6)61(90-55(62)79)19-15-29-58(9)17-16-32(57(7,8)28(58)14-18-59(29,10)60(61,11)21-31(62)65)83-54-46(88-52-41(74)38(71)35(68)26(22-63)81-52)43(42(75)44(86-54)49(76)77)85-53-45(39(72)36(69)27(23-64)82-53)87-51-40(73)37(70)34(67)25(4)80-51/h12,25-32,34-48,51-55,63-65,67-75,79H,13-23H2,1-11H3,(H,76,77). The number of carbonyl (C=O) groups is 3. The van der Waals surface area contributed by atoms with Crippen molar-refractivity contribution in [2.24, 2.45) is 50.2 Å². The van der Waals surface area contributed by atoms with E-state index in [1.807, 2.05) is 27.7 Å². The highest BCUT2D eigenvalue weighted by Gasteiger charge is 2.86. The molecule has 5 aliphatic heterocycles. The summed E-state index contributed by atoms with van der Waals surface area (Å²) in [7, 11) is 0. The number of aliphatic hydroxyl groups is 13. The van der Waals surface area contributed by atoms with E-state index in [4.69, 9.17) is 52.1 Å². The third-order valence-corrected chi connectivity index (χ3v) is 24.3. The second-order valence-electron chi connectivity index (χ2n) is 29.5. The lowest BCUT2D eigenvalue weighted by molar-refractivity contribution is -0.406. The minimum atomic E-state index is -2.29. The van der Waals surface area contributed by atoms with Crippen molar-refractivity contribution in [3.05, 3.63) is 11.6 Å². The van der Waals surface area contributed by atoms with E-state index >= 15 is 0 Å². The molecule has 5 aliphatic carbocycles. The molecule has 33 unspecified atom stereocenters. The van der Waals surface area contributed by atoms with E-state index in [1.165, 1.54) is 6.92 Å². The van der Waals surface area contributed by atoms with Crippen LogP contribution in [0.3, 0.4) is 0 Å². The number of carboxylic acids is 1. The van der Waals surface area contributed by atoms with Gasteiger partial charge in [-0.2, -0.15) is 0 Å². The summed E-state index contributed by atoms with van der Waals surface area (Å²) in [6.07, 6.45) is -39.2. The van der Waals surface area contributed by atoms with Crippen LogP contribution >= 0.6 is 0 Å². The molecule has 5 saturated carbocycles. The van der Waals surface area contributed by atoms with E-state index in [9.17, 15) is 85.9 Å². The van der Waals surface area contributed by atoms with Crippen molar-refractivity contribution in [3.8, 4) is 0 Å². The van der Waals surface area contributed by atoms with Crippen molar-refractivity contribution in [1.29, 1.82) is 0 Å². The monoisotopic (exact) mass is 1290 g/mol. The van der Waals surface area contributed by atoms with Crippen LogP contribution in [0.25, 0.3) is 0 Å². The number of fused-ring (bicyclic) bond motifs is 4. The SMILES string of the molecule is CC=C(C)C(=O)OC1C(OC(=O)CC)C23C(O)CC4(C)C5(C)CCC6C(C)(C)C(OC7OC(C(=O)O)C(O)C(OC8OC(CO)C(O)C(O)C8OC8OC(C)C(O)C(O)C8O)C7OC7OC(CO)C(O)C(O)C7O)CCC6(C)C5CCC4(OC2O)C3CC1(C)C. The maximum Gasteiger partial charge on any atom is 0.335 e. The Hall–Kier alpha value is -2.73. The van der Waals surface area contributed by atoms with Crippen LogP contribution in [0.4, 0.5) is 0 Å². The second kappa shape index (κ2) is 25.0. The van der Waals surface area contributed by atoms with Crippen LogP contribution in [0.5, 0.6) is 0 Å². The molecule has 2 bridgehead atoms. The Morgan fingerprint density at radius 1 is 0.578 bits per heavy atom. The number of hydrogen-bond acceptors (Lipinski definition) is 27.